The number of nitrogens with zero attached hydrogens (tertiary/aromatic N) is 1. The lowest BCUT2D eigenvalue weighted by atomic mass is 9.89. The molecule has 0 radical (unpaired) electrons. The van der Waals surface area contributed by atoms with Gasteiger partial charge in [0.2, 0.25) is 0 Å². The topological polar surface area (TPSA) is 21.6 Å². The van der Waals surface area contributed by atoms with Gasteiger partial charge in [0.05, 0.1) is 5.71 Å². The molecule has 0 unspecified atom stereocenters. The maximum atomic E-state index is 11.6. The Morgan fingerprint density at radius 2 is 1.69 bits per heavy atom. The van der Waals surface area contributed by atoms with Crippen LogP contribution in [0.2, 0.25) is 0 Å². The minimum Gasteiger partial charge on any atom is -0.294 e. The molecule has 0 bridgehead atoms. The van der Waals surface area contributed by atoms with E-state index in [1.54, 1.807) is 27.7 Å². The molecule has 0 aliphatic rings. The highest BCUT2D eigenvalue weighted by atomic mass is 19.4. The number of hydrogen-bond donors (Lipinski definition) is 0. The van der Waals surface area contributed by atoms with Crippen molar-refractivity contribution in [1.82, 2.24) is 0 Å². The second kappa shape index (κ2) is 3.98. The molecule has 0 rings (SSSR count). The molecule has 0 aromatic carbocycles. The molecule has 0 saturated carbocycles. The minimum absolute atomic E-state index is 0.389. The molecule has 5 heteroatoms. The largest absolute Gasteiger partial charge is 0.593 e. The average molecular weight is 197 g/mol. The van der Waals surface area contributed by atoms with Gasteiger partial charge in [0.25, 0.3) is 0 Å². The standard InChI is InChI=1S/C8H14F3NO/c1-5-6(7(2,3)4)12-13-8(9,10)11/h5H2,1-4H3/b12-6+. The third-order valence-corrected chi connectivity index (χ3v) is 1.46. The molecule has 0 aliphatic heterocycles. The summed E-state index contributed by atoms with van der Waals surface area (Å²) in [6.45, 7) is 7.10. The molecule has 0 saturated heterocycles. The van der Waals surface area contributed by atoms with E-state index in [1.165, 1.54) is 0 Å². The summed E-state index contributed by atoms with van der Waals surface area (Å²) in [5, 5.41) is 3.08. The van der Waals surface area contributed by atoms with Crippen LogP contribution in [0.1, 0.15) is 34.1 Å². The predicted octanol–water partition coefficient (Wildman–Crippen LogP) is 3.33. The Morgan fingerprint density at radius 1 is 1.23 bits per heavy atom. The zero-order chi connectivity index (χ0) is 10.7. The fourth-order valence-corrected chi connectivity index (χ4v) is 0.839. The van der Waals surface area contributed by atoms with Crippen molar-refractivity contribution in [2.24, 2.45) is 10.6 Å². The highest BCUT2D eigenvalue weighted by molar-refractivity contribution is 5.88. The number of hydrogen-bond acceptors (Lipinski definition) is 2. The van der Waals surface area contributed by atoms with Crippen LogP contribution in [0, 0.1) is 5.41 Å². The van der Waals surface area contributed by atoms with Gasteiger partial charge < -0.3 is 0 Å². The predicted molar refractivity (Wildman–Crippen MR) is 44.3 cm³/mol. The van der Waals surface area contributed by atoms with Gasteiger partial charge in [0, 0.05) is 5.41 Å². The van der Waals surface area contributed by atoms with Gasteiger partial charge in [-0.1, -0.05) is 32.9 Å². The molecule has 0 atom stereocenters. The molecular formula is C8H14F3NO. The number of halogens is 3. The van der Waals surface area contributed by atoms with Crippen molar-refractivity contribution in [3.05, 3.63) is 0 Å². The summed E-state index contributed by atoms with van der Waals surface area (Å²) in [5.41, 5.74) is 0.00447. The quantitative estimate of drug-likeness (QED) is 0.491. The Bertz CT molecular complexity index is 191. The molecule has 0 spiro atoms. The number of oxime groups is 1. The molecule has 0 amide bonds. The molecule has 13 heavy (non-hydrogen) atoms. The number of rotatable bonds is 2. The smallest absolute Gasteiger partial charge is 0.294 e. The van der Waals surface area contributed by atoms with Crippen molar-refractivity contribution in [3.8, 4) is 0 Å². The van der Waals surface area contributed by atoms with Crippen LogP contribution in [0.4, 0.5) is 13.2 Å². The van der Waals surface area contributed by atoms with Crippen LogP contribution < -0.4 is 0 Å². The van der Waals surface area contributed by atoms with Gasteiger partial charge in [0.1, 0.15) is 0 Å². The van der Waals surface area contributed by atoms with Crippen LogP contribution in [0.15, 0.2) is 5.16 Å². The van der Waals surface area contributed by atoms with Gasteiger partial charge in [-0.15, -0.1) is 13.2 Å². The van der Waals surface area contributed by atoms with Crippen molar-refractivity contribution in [1.29, 1.82) is 0 Å². The van der Waals surface area contributed by atoms with Gasteiger partial charge in [0.15, 0.2) is 0 Å². The third kappa shape index (κ3) is 5.49. The van der Waals surface area contributed by atoms with E-state index in [2.05, 4.69) is 9.99 Å². The van der Waals surface area contributed by atoms with Gasteiger partial charge >= 0.3 is 6.36 Å². The maximum absolute atomic E-state index is 11.6. The summed E-state index contributed by atoms with van der Waals surface area (Å²) < 4.78 is 34.8. The lowest BCUT2D eigenvalue weighted by Gasteiger charge is -2.19. The van der Waals surface area contributed by atoms with E-state index >= 15 is 0 Å². The van der Waals surface area contributed by atoms with Crippen LogP contribution in [0.5, 0.6) is 0 Å². The molecule has 0 fully saturated rings. The van der Waals surface area contributed by atoms with E-state index < -0.39 is 6.36 Å². The Morgan fingerprint density at radius 3 is 1.92 bits per heavy atom. The summed E-state index contributed by atoms with van der Waals surface area (Å²) in [5.74, 6) is 0. The van der Waals surface area contributed by atoms with Crippen molar-refractivity contribution >= 4 is 5.71 Å². The monoisotopic (exact) mass is 197 g/mol. The number of alkyl halides is 3. The van der Waals surface area contributed by atoms with E-state index in [1.807, 2.05) is 0 Å². The second-order valence-electron chi connectivity index (χ2n) is 3.68. The summed E-state index contributed by atoms with van der Waals surface area (Å²) in [6.07, 6.45) is -4.24. The average Bonchev–Trinajstić information content (AvgIpc) is 1.82. The first-order valence-corrected chi connectivity index (χ1v) is 3.99. The van der Waals surface area contributed by atoms with Crippen LogP contribution in [-0.4, -0.2) is 12.1 Å². The van der Waals surface area contributed by atoms with Crippen molar-refractivity contribution in [3.63, 3.8) is 0 Å². The maximum Gasteiger partial charge on any atom is 0.593 e. The molecule has 0 aromatic heterocycles. The van der Waals surface area contributed by atoms with Crippen molar-refractivity contribution in [2.45, 2.75) is 40.5 Å². The minimum atomic E-state index is -4.69. The van der Waals surface area contributed by atoms with Crippen molar-refractivity contribution < 1.29 is 18.0 Å². The van der Waals surface area contributed by atoms with Crippen LogP contribution in [-0.2, 0) is 4.84 Å². The zero-order valence-corrected chi connectivity index (χ0v) is 8.20. The van der Waals surface area contributed by atoms with E-state index in [0.717, 1.165) is 0 Å². The Hall–Kier alpha value is -0.740. The lowest BCUT2D eigenvalue weighted by Crippen LogP contribution is -2.21. The summed E-state index contributed by atoms with van der Waals surface area (Å²) >= 11 is 0. The van der Waals surface area contributed by atoms with E-state index in [9.17, 15) is 13.2 Å². The molecule has 0 N–H and O–H groups in total. The van der Waals surface area contributed by atoms with E-state index in [-0.39, 0.29) is 5.41 Å². The Labute approximate surface area is 75.8 Å². The van der Waals surface area contributed by atoms with Gasteiger partial charge in [-0.25, -0.2) is 0 Å². The van der Waals surface area contributed by atoms with Crippen LogP contribution in [0.3, 0.4) is 0 Å². The second-order valence-corrected chi connectivity index (χ2v) is 3.68. The van der Waals surface area contributed by atoms with Crippen LogP contribution >= 0.6 is 0 Å². The van der Waals surface area contributed by atoms with E-state index in [4.69, 9.17) is 0 Å². The van der Waals surface area contributed by atoms with Gasteiger partial charge in [-0.2, -0.15) is 0 Å². The van der Waals surface area contributed by atoms with E-state index in [0.29, 0.717) is 12.1 Å². The first-order valence-electron chi connectivity index (χ1n) is 3.99. The molecule has 0 aliphatic carbocycles. The third-order valence-electron chi connectivity index (χ3n) is 1.46. The van der Waals surface area contributed by atoms with Crippen LogP contribution in [0.25, 0.3) is 0 Å². The van der Waals surface area contributed by atoms with Crippen molar-refractivity contribution in [2.75, 3.05) is 0 Å². The zero-order valence-electron chi connectivity index (χ0n) is 8.20. The lowest BCUT2D eigenvalue weighted by molar-refractivity contribution is -0.325. The first kappa shape index (κ1) is 12.3. The SMILES string of the molecule is CC/C(=N\OC(F)(F)F)C(C)(C)C. The first-order chi connectivity index (χ1) is 5.67. The molecule has 0 heterocycles. The fourth-order valence-electron chi connectivity index (χ4n) is 0.839. The Kier molecular flexibility index (Phi) is 3.75. The normalized spacial score (nSPS) is 14.5. The van der Waals surface area contributed by atoms with Gasteiger partial charge in [-0.3, -0.25) is 4.84 Å². The summed E-state index contributed by atoms with van der Waals surface area (Å²) in [4.78, 5) is 3.40. The summed E-state index contributed by atoms with van der Waals surface area (Å²) in [6, 6.07) is 0. The fraction of sp³-hybridized carbons (Fsp3) is 0.875. The molecule has 2 nitrogen and oxygen atoms in total. The highest BCUT2D eigenvalue weighted by Crippen LogP contribution is 2.22. The Balaban J connectivity index is 4.42. The van der Waals surface area contributed by atoms with Gasteiger partial charge in [-0.05, 0) is 6.42 Å². The molecule has 78 valence electrons. The summed E-state index contributed by atoms with van der Waals surface area (Å²) in [7, 11) is 0. The molecule has 0 aromatic rings. The highest BCUT2D eigenvalue weighted by Gasteiger charge is 2.32. The molecular weight excluding hydrogens is 183 g/mol.